The van der Waals surface area contributed by atoms with Gasteiger partial charge in [0.1, 0.15) is 0 Å². The molecular weight excluding hydrogens is 278 g/mol. The zero-order valence-electron chi connectivity index (χ0n) is 12.5. The van der Waals surface area contributed by atoms with E-state index in [0.29, 0.717) is 0 Å². The summed E-state index contributed by atoms with van der Waals surface area (Å²) in [6.07, 6.45) is 4.08. The molecule has 1 aromatic carbocycles. The molecule has 2 aromatic heterocycles. The number of thiazole rings is 1. The Kier molecular flexibility index (Phi) is 4.08. The van der Waals surface area contributed by atoms with Gasteiger partial charge in [-0.25, -0.2) is 4.98 Å². The number of aryl methyl sites for hydroxylation is 1. The molecule has 0 aliphatic carbocycles. The van der Waals surface area contributed by atoms with Gasteiger partial charge in [0, 0.05) is 17.6 Å². The third kappa shape index (κ3) is 3.01. The lowest BCUT2D eigenvalue weighted by Crippen LogP contribution is -2.21. The second-order valence-corrected chi connectivity index (χ2v) is 6.59. The summed E-state index contributed by atoms with van der Waals surface area (Å²) in [5.74, 6) is 0. The molecule has 0 bridgehead atoms. The minimum absolute atomic E-state index is 0.223. The molecule has 0 spiro atoms. The molecule has 3 rings (SSSR count). The van der Waals surface area contributed by atoms with E-state index in [1.165, 1.54) is 16.5 Å². The topological polar surface area (TPSA) is 43.8 Å². The summed E-state index contributed by atoms with van der Waals surface area (Å²) in [7, 11) is 0. The average Bonchev–Trinajstić information content (AvgIpc) is 3.07. The van der Waals surface area contributed by atoms with Gasteiger partial charge >= 0.3 is 0 Å². The lowest BCUT2D eigenvalue weighted by atomic mass is 10.0. The molecule has 0 aliphatic rings. The molecular formula is C17H21N3S. The Morgan fingerprint density at radius 3 is 2.90 bits per heavy atom. The van der Waals surface area contributed by atoms with E-state index in [1.54, 1.807) is 11.3 Å². The summed E-state index contributed by atoms with van der Waals surface area (Å²) < 4.78 is 2.29. The predicted octanol–water partition coefficient (Wildman–Crippen LogP) is 3.73. The third-order valence-corrected chi connectivity index (χ3v) is 4.70. The van der Waals surface area contributed by atoms with Crippen molar-refractivity contribution in [3.8, 4) is 0 Å². The maximum Gasteiger partial charge on any atom is 0.0898 e. The fourth-order valence-corrected chi connectivity index (χ4v) is 3.32. The van der Waals surface area contributed by atoms with Crippen LogP contribution in [0, 0.1) is 6.92 Å². The molecule has 4 heteroatoms. The van der Waals surface area contributed by atoms with E-state index in [1.807, 2.05) is 6.92 Å². The number of nitrogens with two attached hydrogens (primary N) is 1. The van der Waals surface area contributed by atoms with Gasteiger partial charge in [-0.05, 0) is 36.8 Å². The van der Waals surface area contributed by atoms with Gasteiger partial charge < -0.3 is 10.3 Å². The van der Waals surface area contributed by atoms with Crippen LogP contribution in [0.3, 0.4) is 0 Å². The SMILES string of the molecule is CCC(N)Cc1cccc2ccn(Cc3csc(C)n3)c12. The van der Waals surface area contributed by atoms with Gasteiger partial charge in [0.25, 0.3) is 0 Å². The Morgan fingerprint density at radius 2 is 2.19 bits per heavy atom. The molecule has 0 amide bonds. The first kappa shape index (κ1) is 14.3. The van der Waals surface area contributed by atoms with Gasteiger partial charge in [-0.1, -0.05) is 25.1 Å². The molecule has 1 atom stereocenters. The molecule has 3 aromatic rings. The quantitative estimate of drug-likeness (QED) is 0.780. The summed E-state index contributed by atoms with van der Waals surface area (Å²) >= 11 is 1.71. The zero-order valence-corrected chi connectivity index (χ0v) is 13.4. The standard InChI is InChI=1S/C17H21N3S/c1-3-15(18)9-14-6-4-5-13-7-8-20(17(13)14)10-16-11-21-12(2)19-16/h4-8,11,15H,3,9-10,18H2,1-2H3. The van der Waals surface area contributed by atoms with E-state index in [2.05, 4.69) is 52.3 Å². The van der Waals surface area contributed by atoms with Crippen molar-refractivity contribution in [3.63, 3.8) is 0 Å². The summed E-state index contributed by atoms with van der Waals surface area (Å²) in [5.41, 5.74) is 9.91. The average molecular weight is 299 g/mol. The molecule has 0 aliphatic heterocycles. The highest BCUT2D eigenvalue weighted by Crippen LogP contribution is 2.23. The Hall–Kier alpha value is -1.65. The largest absolute Gasteiger partial charge is 0.341 e. The van der Waals surface area contributed by atoms with Gasteiger partial charge in [0.2, 0.25) is 0 Å². The van der Waals surface area contributed by atoms with Crippen LogP contribution in [0.5, 0.6) is 0 Å². The maximum atomic E-state index is 6.15. The van der Waals surface area contributed by atoms with Crippen LogP contribution in [-0.2, 0) is 13.0 Å². The van der Waals surface area contributed by atoms with Crippen molar-refractivity contribution in [2.24, 2.45) is 5.73 Å². The number of hydrogen-bond acceptors (Lipinski definition) is 3. The monoisotopic (exact) mass is 299 g/mol. The molecule has 3 nitrogen and oxygen atoms in total. The molecule has 0 radical (unpaired) electrons. The number of benzene rings is 1. The van der Waals surface area contributed by atoms with Crippen molar-refractivity contribution in [2.75, 3.05) is 0 Å². The first-order chi connectivity index (χ1) is 10.2. The highest BCUT2D eigenvalue weighted by Gasteiger charge is 2.10. The van der Waals surface area contributed by atoms with Gasteiger partial charge in [-0.2, -0.15) is 0 Å². The number of nitrogens with zero attached hydrogens (tertiary/aromatic N) is 2. The Bertz CT molecular complexity index is 741. The lowest BCUT2D eigenvalue weighted by Gasteiger charge is -2.12. The molecule has 21 heavy (non-hydrogen) atoms. The molecule has 0 fully saturated rings. The number of rotatable bonds is 5. The highest BCUT2D eigenvalue weighted by molar-refractivity contribution is 7.09. The van der Waals surface area contributed by atoms with Crippen molar-refractivity contribution >= 4 is 22.2 Å². The first-order valence-corrected chi connectivity index (χ1v) is 8.28. The minimum atomic E-state index is 0.223. The van der Waals surface area contributed by atoms with E-state index in [-0.39, 0.29) is 6.04 Å². The molecule has 110 valence electrons. The van der Waals surface area contributed by atoms with Gasteiger partial charge in [-0.3, -0.25) is 0 Å². The zero-order chi connectivity index (χ0) is 14.8. The lowest BCUT2D eigenvalue weighted by molar-refractivity contribution is 0.646. The fourth-order valence-electron chi connectivity index (χ4n) is 2.72. The summed E-state index contributed by atoms with van der Waals surface area (Å²) in [5, 5.41) is 4.54. The van der Waals surface area contributed by atoms with Crippen LogP contribution < -0.4 is 5.73 Å². The van der Waals surface area contributed by atoms with Gasteiger partial charge in [0.05, 0.1) is 22.8 Å². The molecule has 0 saturated carbocycles. The van der Waals surface area contributed by atoms with Crippen molar-refractivity contribution in [1.29, 1.82) is 0 Å². The fraction of sp³-hybridized carbons (Fsp3) is 0.353. The van der Waals surface area contributed by atoms with E-state index in [4.69, 9.17) is 5.73 Å². The van der Waals surface area contributed by atoms with Crippen LogP contribution in [0.4, 0.5) is 0 Å². The number of fused-ring (bicyclic) bond motifs is 1. The minimum Gasteiger partial charge on any atom is -0.341 e. The first-order valence-electron chi connectivity index (χ1n) is 7.40. The Balaban J connectivity index is 1.98. The third-order valence-electron chi connectivity index (χ3n) is 3.88. The second kappa shape index (κ2) is 6.00. The van der Waals surface area contributed by atoms with Crippen LogP contribution in [0.25, 0.3) is 10.9 Å². The van der Waals surface area contributed by atoms with Crippen LogP contribution >= 0.6 is 11.3 Å². The van der Waals surface area contributed by atoms with Crippen molar-refractivity contribution in [2.45, 2.75) is 39.3 Å². The Morgan fingerprint density at radius 1 is 1.33 bits per heavy atom. The van der Waals surface area contributed by atoms with E-state index >= 15 is 0 Å². The predicted molar refractivity (Wildman–Crippen MR) is 89.9 cm³/mol. The van der Waals surface area contributed by atoms with E-state index in [0.717, 1.165) is 30.1 Å². The van der Waals surface area contributed by atoms with Crippen LogP contribution in [-0.4, -0.2) is 15.6 Å². The van der Waals surface area contributed by atoms with Crippen molar-refractivity contribution in [3.05, 3.63) is 52.1 Å². The molecule has 1 unspecified atom stereocenters. The van der Waals surface area contributed by atoms with Crippen molar-refractivity contribution < 1.29 is 0 Å². The number of hydrogen-bond donors (Lipinski definition) is 1. The van der Waals surface area contributed by atoms with Crippen molar-refractivity contribution in [1.82, 2.24) is 9.55 Å². The van der Waals surface area contributed by atoms with E-state index in [9.17, 15) is 0 Å². The smallest absolute Gasteiger partial charge is 0.0898 e. The van der Waals surface area contributed by atoms with E-state index < -0.39 is 0 Å². The van der Waals surface area contributed by atoms with Crippen LogP contribution in [0.2, 0.25) is 0 Å². The number of para-hydroxylation sites is 1. The summed E-state index contributed by atoms with van der Waals surface area (Å²) in [4.78, 5) is 4.57. The van der Waals surface area contributed by atoms with Gasteiger partial charge in [-0.15, -0.1) is 11.3 Å². The number of aromatic nitrogens is 2. The molecule has 2 heterocycles. The summed E-state index contributed by atoms with van der Waals surface area (Å²) in [6.45, 7) is 5.02. The second-order valence-electron chi connectivity index (χ2n) is 5.53. The molecule has 0 saturated heterocycles. The Labute approximate surface area is 129 Å². The molecule has 2 N–H and O–H groups in total. The normalized spacial score (nSPS) is 12.9. The summed E-state index contributed by atoms with van der Waals surface area (Å²) in [6, 6.07) is 8.88. The van der Waals surface area contributed by atoms with Crippen LogP contribution in [0.1, 0.15) is 29.6 Å². The maximum absolute atomic E-state index is 6.15. The van der Waals surface area contributed by atoms with Crippen LogP contribution in [0.15, 0.2) is 35.8 Å². The highest BCUT2D eigenvalue weighted by atomic mass is 32.1. The van der Waals surface area contributed by atoms with Gasteiger partial charge in [0.15, 0.2) is 0 Å².